The van der Waals surface area contributed by atoms with Crippen molar-refractivity contribution >= 4 is 0 Å². The van der Waals surface area contributed by atoms with Gasteiger partial charge in [-0.05, 0) is 25.7 Å². The van der Waals surface area contributed by atoms with Gasteiger partial charge >= 0.3 is 0 Å². The summed E-state index contributed by atoms with van der Waals surface area (Å²) in [6.45, 7) is 4.60. The summed E-state index contributed by atoms with van der Waals surface area (Å²) in [4.78, 5) is 0. The van der Waals surface area contributed by atoms with Crippen LogP contribution in [0.4, 0.5) is 0 Å². The van der Waals surface area contributed by atoms with Crippen molar-refractivity contribution in [2.75, 3.05) is 20.8 Å². The zero-order valence-electron chi connectivity index (χ0n) is 11.5. The molecule has 1 saturated carbocycles. The van der Waals surface area contributed by atoms with Gasteiger partial charge in [-0.15, -0.1) is 0 Å². The van der Waals surface area contributed by atoms with Gasteiger partial charge < -0.3 is 20.3 Å². The van der Waals surface area contributed by atoms with Crippen LogP contribution < -0.4 is 5.73 Å². The van der Waals surface area contributed by atoms with Gasteiger partial charge in [0.05, 0.1) is 5.60 Å². The predicted octanol–water partition coefficient (Wildman–Crippen LogP) is 1.51. The van der Waals surface area contributed by atoms with Crippen molar-refractivity contribution in [2.24, 2.45) is 17.1 Å². The molecule has 0 aromatic carbocycles. The second-order valence-corrected chi connectivity index (χ2v) is 5.71. The molecule has 1 rings (SSSR count). The molecular weight excluding hydrogens is 218 g/mol. The van der Waals surface area contributed by atoms with Crippen LogP contribution in [0.3, 0.4) is 0 Å². The van der Waals surface area contributed by atoms with E-state index in [1.54, 1.807) is 14.2 Å². The number of hydrogen-bond acceptors (Lipinski definition) is 4. The van der Waals surface area contributed by atoms with Gasteiger partial charge in [0.2, 0.25) is 0 Å². The largest absolute Gasteiger partial charge is 0.389 e. The number of rotatable bonds is 6. The Kier molecular flexibility index (Phi) is 4.95. The van der Waals surface area contributed by atoms with E-state index in [2.05, 4.69) is 6.92 Å². The molecule has 0 amide bonds. The van der Waals surface area contributed by atoms with E-state index in [1.807, 2.05) is 6.92 Å². The Balaban J connectivity index is 2.79. The highest BCUT2D eigenvalue weighted by molar-refractivity contribution is 5.01. The van der Waals surface area contributed by atoms with Crippen molar-refractivity contribution < 1.29 is 14.6 Å². The number of hydrogen-bond donors (Lipinski definition) is 2. The van der Waals surface area contributed by atoms with E-state index in [0.29, 0.717) is 18.9 Å². The Morgan fingerprint density at radius 2 is 2.06 bits per heavy atom. The van der Waals surface area contributed by atoms with Gasteiger partial charge in [-0.25, -0.2) is 0 Å². The Morgan fingerprint density at radius 3 is 2.41 bits per heavy atom. The molecule has 0 radical (unpaired) electrons. The van der Waals surface area contributed by atoms with Crippen molar-refractivity contribution in [1.82, 2.24) is 0 Å². The van der Waals surface area contributed by atoms with Gasteiger partial charge in [-0.2, -0.15) is 0 Å². The summed E-state index contributed by atoms with van der Waals surface area (Å²) in [5.74, 6) is 0.633. The average Bonchev–Trinajstić information content (AvgIpc) is 2.69. The van der Waals surface area contributed by atoms with Crippen LogP contribution in [-0.4, -0.2) is 37.8 Å². The fraction of sp³-hybridized carbons (Fsp3) is 1.00. The minimum Gasteiger partial charge on any atom is -0.389 e. The SMILES string of the molecule is COC(CC(C)(O)C1(CN)CCC(C)C1)OC. The van der Waals surface area contributed by atoms with Gasteiger partial charge in [0.25, 0.3) is 0 Å². The molecule has 3 N–H and O–H groups in total. The van der Waals surface area contributed by atoms with Crippen LogP contribution in [0.25, 0.3) is 0 Å². The molecule has 0 bridgehead atoms. The minimum absolute atomic E-state index is 0.193. The van der Waals surface area contributed by atoms with E-state index in [4.69, 9.17) is 15.2 Å². The fourth-order valence-corrected chi connectivity index (χ4v) is 3.09. The summed E-state index contributed by atoms with van der Waals surface area (Å²) in [5, 5.41) is 10.8. The quantitative estimate of drug-likeness (QED) is 0.696. The van der Waals surface area contributed by atoms with Crippen molar-refractivity contribution in [3.63, 3.8) is 0 Å². The molecule has 4 nitrogen and oxygen atoms in total. The molecule has 1 aliphatic rings. The molecule has 3 atom stereocenters. The molecule has 3 unspecified atom stereocenters. The summed E-state index contributed by atoms with van der Waals surface area (Å²) >= 11 is 0. The van der Waals surface area contributed by atoms with E-state index in [-0.39, 0.29) is 11.7 Å². The van der Waals surface area contributed by atoms with Crippen molar-refractivity contribution in [3.05, 3.63) is 0 Å². The first-order valence-electron chi connectivity index (χ1n) is 6.39. The molecule has 102 valence electrons. The zero-order valence-corrected chi connectivity index (χ0v) is 11.5. The Morgan fingerprint density at radius 1 is 1.47 bits per heavy atom. The second-order valence-electron chi connectivity index (χ2n) is 5.71. The molecule has 0 aromatic rings. The first-order chi connectivity index (χ1) is 7.90. The lowest BCUT2D eigenvalue weighted by molar-refractivity contribution is -0.169. The van der Waals surface area contributed by atoms with E-state index >= 15 is 0 Å². The van der Waals surface area contributed by atoms with Crippen molar-refractivity contribution in [3.8, 4) is 0 Å². The van der Waals surface area contributed by atoms with Crippen LogP contribution in [-0.2, 0) is 9.47 Å². The number of methoxy groups -OCH3 is 2. The Hall–Kier alpha value is -0.160. The molecule has 0 heterocycles. The summed E-state index contributed by atoms with van der Waals surface area (Å²) in [5.41, 5.74) is 4.90. The van der Waals surface area contributed by atoms with Crippen LogP contribution in [0.1, 0.15) is 39.5 Å². The zero-order chi connectivity index (χ0) is 13.1. The maximum atomic E-state index is 10.8. The third-order valence-electron chi connectivity index (χ3n) is 4.48. The summed E-state index contributed by atoms with van der Waals surface area (Å²) in [6.07, 6.45) is 3.19. The van der Waals surface area contributed by atoms with E-state index in [1.165, 1.54) is 0 Å². The lowest BCUT2D eigenvalue weighted by Crippen LogP contribution is -2.51. The normalized spacial score (nSPS) is 33.0. The topological polar surface area (TPSA) is 64.7 Å². The van der Waals surface area contributed by atoms with Crippen LogP contribution in [0.15, 0.2) is 0 Å². The summed E-state index contributed by atoms with van der Waals surface area (Å²) in [6, 6.07) is 0. The number of aliphatic hydroxyl groups is 1. The van der Waals surface area contributed by atoms with Gasteiger partial charge in [0, 0.05) is 32.6 Å². The van der Waals surface area contributed by atoms with Gasteiger partial charge in [0.1, 0.15) is 0 Å². The third kappa shape index (κ3) is 2.99. The fourth-order valence-electron chi connectivity index (χ4n) is 3.09. The van der Waals surface area contributed by atoms with Crippen LogP contribution in [0.2, 0.25) is 0 Å². The molecule has 4 heteroatoms. The summed E-state index contributed by atoms with van der Waals surface area (Å²) in [7, 11) is 3.19. The Bertz CT molecular complexity index is 241. The first-order valence-corrected chi connectivity index (χ1v) is 6.39. The van der Waals surface area contributed by atoms with Crippen LogP contribution >= 0.6 is 0 Å². The highest BCUT2D eigenvalue weighted by Gasteiger charge is 2.50. The molecule has 0 aromatic heterocycles. The first kappa shape index (κ1) is 14.9. The highest BCUT2D eigenvalue weighted by Crippen LogP contribution is 2.50. The van der Waals surface area contributed by atoms with E-state index in [0.717, 1.165) is 19.3 Å². The average molecular weight is 245 g/mol. The molecule has 0 saturated heterocycles. The molecule has 17 heavy (non-hydrogen) atoms. The van der Waals surface area contributed by atoms with Crippen LogP contribution in [0, 0.1) is 11.3 Å². The molecule has 1 aliphatic carbocycles. The Labute approximate surface area is 104 Å². The van der Waals surface area contributed by atoms with Crippen LogP contribution in [0.5, 0.6) is 0 Å². The van der Waals surface area contributed by atoms with Crippen molar-refractivity contribution in [2.45, 2.75) is 51.4 Å². The number of nitrogens with two attached hydrogens (primary N) is 1. The molecule has 0 spiro atoms. The molecular formula is C13H27NO3. The minimum atomic E-state index is -0.844. The number of ether oxygens (including phenoxy) is 2. The van der Waals surface area contributed by atoms with E-state index < -0.39 is 5.60 Å². The predicted molar refractivity (Wildman–Crippen MR) is 67.5 cm³/mol. The van der Waals surface area contributed by atoms with Crippen molar-refractivity contribution in [1.29, 1.82) is 0 Å². The van der Waals surface area contributed by atoms with Gasteiger partial charge in [-0.3, -0.25) is 0 Å². The third-order valence-corrected chi connectivity index (χ3v) is 4.48. The smallest absolute Gasteiger partial charge is 0.159 e. The second kappa shape index (κ2) is 5.65. The lowest BCUT2D eigenvalue weighted by Gasteiger charge is -2.43. The summed E-state index contributed by atoms with van der Waals surface area (Å²) < 4.78 is 10.4. The highest BCUT2D eigenvalue weighted by atomic mass is 16.7. The van der Waals surface area contributed by atoms with Gasteiger partial charge in [-0.1, -0.05) is 13.3 Å². The maximum absolute atomic E-state index is 10.8. The monoisotopic (exact) mass is 245 g/mol. The van der Waals surface area contributed by atoms with E-state index in [9.17, 15) is 5.11 Å². The maximum Gasteiger partial charge on any atom is 0.159 e. The standard InChI is InChI=1S/C13H27NO3/c1-10-5-6-13(7-10,9-14)12(2,15)8-11(16-3)17-4/h10-11,15H,5-9,14H2,1-4H3. The molecule has 0 aliphatic heterocycles. The van der Waals surface area contributed by atoms with Gasteiger partial charge in [0.15, 0.2) is 6.29 Å². The molecule has 1 fully saturated rings. The lowest BCUT2D eigenvalue weighted by atomic mass is 9.69.